The van der Waals surface area contributed by atoms with E-state index in [-0.39, 0.29) is 0 Å². The van der Waals surface area contributed by atoms with Gasteiger partial charge in [0.05, 0.1) is 6.26 Å². The molecule has 0 saturated carbocycles. The monoisotopic (exact) mass is 162 g/mol. The summed E-state index contributed by atoms with van der Waals surface area (Å²) in [7, 11) is 0. The van der Waals surface area contributed by atoms with Gasteiger partial charge in [0.1, 0.15) is 0 Å². The van der Waals surface area contributed by atoms with Crippen LogP contribution in [0.4, 0.5) is 0 Å². The molecule has 0 atom stereocenters. The normalized spacial score (nSPS) is 10.8. The highest BCUT2D eigenvalue weighted by Gasteiger charge is 1.93. The zero-order valence-electron chi connectivity index (χ0n) is 7.54. The number of benzene rings is 1. The molecule has 64 valence electrons. The van der Waals surface area contributed by atoms with Crippen molar-refractivity contribution in [3.05, 3.63) is 41.2 Å². The molecule has 1 N–H and O–H groups in total. The van der Waals surface area contributed by atoms with Crippen molar-refractivity contribution >= 4 is 6.08 Å². The van der Waals surface area contributed by atoms with Crippen LogP contribution in [-0.2, 0) is 6.42 Å². The van der Waals surface area contributed by atoms with Gasteiger partial charge in [0.2, 0.25) is 0 Å². The number of hydrogen-bond acceptors (Lipinski definition) is 1. The van der Waals surface area contributed by atoms with Gasteiger partial charge in [0.15, 0.2) is 0 Å². The number of aryl methyl sites for hydroxylation is 2. The maximum absolute atomic E-state index is 8.59. The molecule has 0 aliphatic carbocycles. The summed E-state index contributed by atoms with van der Waals surface area (Å²) in [6.45, 7) is 4.19. The Balaban J connectivity index is 3.06. The Labute approximate surface area is 73.4 Å². The molecule has 0 fully saturated rings. The van der Waals surface area contributed by atoms with Gasteiger partial charge in [0.25, 0.3) is 0 Å². The molecule has 0 bridgehead atoms. The van der Waals surface area contributed by atoms with Crippen LogP contribution in [0, 0.1) is 6.92 Å². The topological polar surface area (TPSA) is 20.2 Å². The van der Waals surface area contributed by atoms with E-state index in [1.165, 1.54) is 11.1 Å². The number of hydrogen-bond donors (Lipinski definition) is 1. The highest BCUT2D eigenvalue weighted by atomic mass is 16.2. The highest BCUT2D eigenvalue weighted by Crippen LogP contribution is 2.11. The standard InChI is InChI=1S/C11H14O/c1-3-10-6-9(2)7-11(8-10)4-5-12/h4-8,12H,3H2,1-2H3/b5-4-. The van der Waals surface area contributed by atoms with Gasteiger partial charge in [-0.3, -0.25) is 0 Å². The lowest BCUT2D eigenvalue weighted by Crippen LogP contribution is -1.84. The Bertz CT molecular complexity index is 287. The molecule has 0 spiro atoms. The largest absolute Gasteiger partial charge is 0.516 e. The highest BCUT2D eigenvalue weighted by molar-refractivity contribution is 5.50. The van der Waals surface area contributed by atoms with E-state index in [1.54, 1.807) is 6.08 Å². The minimum Gasteiger partial charge on any atom is -0.516 e. The van der Waals surface area contributed by atoms with Gasteiger partial charge >= 0.3 is 0 Å². The zero-order chi connectivity index (χ0) is 8.97. The summed E-state index contributed by atoms with van der Waals surface area (Å²) in [5.41, 5.74) is 3.61. The first-order valence-corrected chi connectivity index (χ1v) is 4.17. The fraction of sp³-hybridized carbons (Fsp3) is 0.273. The summed E-state index contributed by atoms with van der Waals surface area (Å²) in [6, 6.07) is 6.29. The van der Waals surface area contributed by atoms with Gasteiger partial charge in [-0.15, -0.1) is 0 Å². The van der Waals surface area contributed by atoms with Gasteiger partial charge < -0.3 is 5.11 Å². The van der Waals surface area contributed by atoms with E-state index in [0.29, 0.717) is 0 Å². The van der Waals surface area contributed by atoms with Crippen LogP contribution in [-0.4, -0.2) is 5.11 Å². The molecule has 0 aromatic heterocycles. The van der Waals surface area contributed by atoms with E-state index < -0.39 is 0 Å². The average Bonchev–Trinajstić information content (AvgIpc) is 2.04. The Morgan fingerprint density at radius 3 is 2.67 bits per heavy atom. The Morgan fingerprint density at radius 1 is 1.33 bits per heavy atom. The molecule has 1 nitrogen and oxygen atoms in total. The van der Waals surface area contributed by atoms with Crippen LogP contribution >= 0.6 is 0 Å². The number of rotatable bonds is 2. The summed E-state index contributed by atoms with van der Waals surface area (Å²) >= 11 is 0. The fourth-order valence-electron chi connectivity index (χ4n) is 1.28. The quantitative estimate of drug-likeness (QED) is 0.662. The predicted octanol–water partition coefficient (Wildman–Crippen LogP) is 3.09. The van der Waals surface area contributed by atoms with Crippen molar-refractivity contribution in [1.29, 1.82) is 0 Å². The van der Waals surface area contributed by atoms with Crippen molar-refractivity contribution in [2.45, 2.75) is 20.3 Å². The summed E-state index contributed by atoms with van der Waals surface area (Å²) in [5, 5.41) is 8.59. The zero-order valence-corrected chi connectivity index (χ0v) is 7.54. The first kappa shape index (κ1) is 8.85. The summed E-state index contributed by atoms with van der Waals surface area (Å²) in [6.07, 6.45) is 3.81. The van der Waals surface area contributed by atoms with E-state index in [4.69, 9.17) is 5.11 Å². The number of aliphatic hydroxyl groups excluding tert-OH is 1. The molecule has 1 rings (SSSR count). The van der Waals surface area contributed by atoms with Crippen molar-refractivity contribution in [2.75, 3.05) is 0 Å². The lowest BCUT2D eigenvalue weighted by molar-refractivity contribution is 0.478. The Kier molecular flexibility index (Phi) is 2.92. The first-order chi connectivity index (χ1) is 5.76. The average molecular weight is 162 g/mol. The molecule has 0 saturated heterocycles. The van der Waals surface area contributed by atoms with Gasteiger partial charge in [-0.2, -0.15) is 0 Å². The minimum atomic E-state index is 1.04. The summed E-state index contributed by atoms with van der Waals surface area (Å²) in [5.74, 6) is 0. The van der Waals surface area contributed by atoms with E-state index in [9.17, 15) is 0 Å². The van der Waals surface area contributed by atoms with E-state index in [2.05, 4.69) is 26.0 Å². The van der Waals surface area contributed by atoms with Crippen LogP contribution in [0.2, 0.25) is 0 Å². The third kappa shape index (κ3) is 2.12. The van der Waals surface area contributed by atoms with Crippen LogP contribution in [0.5, 0.6) is 0 Å². The lowest BCUT2D eigenvalue weighted by Gasteiger charge is -2.01. The Hall–Kier alpha value is -1.24. The molecule has 0 unspecified atom stereocenters. The summed E-state index contributed by atoms with van der Waals surface area (Å²) < 4.78 is 0. The SMILES string of the molecule is CCc1cc(C)cc(/C=C\O)c1. The molecule has 0 aliphatic rings. The maximum Gasteiger partial charge on any atom is 0.0797 e. The van der Waals surface area contributed by atoms with Crippen LogP contribution in [0.3, 0.4) is 0 Å². The van der Waals surface area contributed by atoms with Crippen molar-refractivity contribution in [3.63, 3.8) is 0 Å². The van der Waals surface area contributed by atoms with E-state index in [0.717, 1.165) is 18.2 Å². The van der Waals surface area contributed by atoms with Crippen LogP contribution in [0.25, 0.3) is 6.08 Å². The van der Waals surface area contributed by atoms with E-state index >= 15 is 0 Å². The first-order valence-electron chi connectivity index (χ1n) is 4.17. The molecule has 1 aromatic rings. The molecule has 0 heterocycles. The van der Waals surface area contributed by atoms with Crippen molar-refractivity contribution in [1.82, 2.24) is 0 Å². The third-order valence-electron chi connectivity index (χ3n) is 1.83. The predicted molar refractivity (Wildman–Crippen MR) is 52.2 cm³/mol. The van der Waals surface area contributed by atoms with Crippen LogP contribution < -0.4 is 0 Å². The van der Waals surface area contributed by atoms with Crippen LogP contribution in [0.15, 0.2) is 24.5 Å². The number of aliphatic hydroxyl groups is 1. The second kappa shape index (κ2) is 3.96. The van der Waals surface area contributed by atoms with Crippen molar-refractivity contribution in [3.8, 4) is 0 Å². The molecule has 12 heavy (non-hydrogen) atoms. The molecule has 0 radical (unpaired) electrons. The van der Waals surface area contributed by atoms with Crippen LogP contribution in [0.1, 0.15) is 23.6 Å². The van der Waals surface area contributed by atoms with Gasteiger partial charge in [-0.1, -0.05) is 30.7 Å². The maximum atomic E-state index is 8.59. The second-order valence-electron chi connectivity index (χ2n) is 2.92. The lowest BCUT2D eigenvalue weighted by atomic mass is 10.1. The molecule has 1 heteroatoms. The Morgan fingerprint density at radius 2 is 2.08 bits per heavy atom. The van der Waals surface area contributed by atoms with E-state index in [1.807, 2.05) is 6.07 Å². The van der Waals surface area contributed by atoms with Gasteiger partial charge in [0, 0.05) is 0 Å². The fourth-order valence-corrected chi connectivity index (χ4v) is 1.28. The minimum absolute atomic E-state index is 1.04. The molecule has 1 aromatic carbocycles. The third-order valence-corrected chi connectivity index (χ3v) is 1.83. The summed E-state index contributed by atoms with van der Waals surface area (Å²) in [4.78, 5) is 0. The van der Waals surface area contributed by atoms with Gasteiger partial charge in [-0.05, 0) is 30.5 Å². The van der Waals surface area contributed by atoms with Gasteiger partial charge in [-0.25, -0.2) is 0 Å². The second-order valence-corrected chi connectivity index (χ2v) is 2.92. The van der Waals surface area contributed by atoms with Crippen molar-refractivity contribution in [2.24, 2.45) is 0 Å². The smallest absolute Gasteiger partial charge is 0.0797 e. The van der Waals surface area contributed by atoms with Crippen molar-refractivity contribution < 1.29 is 5.11 Å². The molecule has 0 aliphatic heterocycles. The molecular weight excluding hydrogens is 148 g/mol. The molecule has 0 amide bonds. The molecular formula is C11H14O.